The summed E-state index contributed by atoms with van der Waals surface area (Å²) in [6.45, 7) is 3.69. The van der Waals surface area contributed by atoms with Gasteiger partial charge in [0.2, 0.25) is 0 Å². The van der Waals surface area contributed by atoms with E-state index in [2.05, 4.69) is 5.32 Å². The van der Waals surface area contributed by atoms with Crippen molar-refractivity contribution in [3.63, 3.8) is 0 Å². The van der Waals surface area contributed by atoms with Crippen molar-refractivity contribution >= 4 is 0 Å². The van der Waals surface area contributed by atoms with Crippen LogP contribution in [-0.2, 0) is 0 Å². The summed E-state index contributed by atoms with van der Waals surface area (Å²) < 4.78 is 39.6. The lowest BCUT2D eigenvalue weighted by atomic mass is 9.81. The number of hydrogen-bond donors (Lipinski definition) is 1. The van der Waals surface area contributed by atoms with Crippen molar-refractivity contribution < 1.29 is 13.2 Å². The van der Waals surface area contributed by atoms with E-state index in [0.717, 1.165) is 32.0 Å². The van der Waals surface area contributed by atoms with Crippen LogP contribution in [0.2, 0.25) is 0 Å². The molecule has 0 aliphatic carbocycles. The van der Waals surface area contributed by atoms with Crippen molar-refractivity contribution in [3.8, 4) is 0 Å². The standard InChI is InChI=1S/C13H16F3N/c1-8(9-2-4-17-5-3-9)10-6-12(15)13(16)7-11(10)14/h6-9,17H,2-5H2,1H3. The van der Waals surface area contributed by atoms with Gasteiger partial charge in [-0.05, 0) is 49.4 Å². The fraction of sp³-hybridized carbons (Fsp3) is 0.538. The topological polar surface area (TPSA) is 12.0 Å². The number of halogens is 3. The second-order valence-electron chi connectivity index (χ2n) is 4.66. The highest BCUT2D eigenvalue weighted by atomic mass is 19.2. The molecule has 1 aliphatic rings. The molecule has 0 aromatic heterocycles. The van der Waals surface area contributed by atoms with Crippen LogP contribution >= 0.6 is 0 Å². The first-order valence-electron chi connectivity index (χ1n) is 5.94. The van der Waals surface area contributed by atoms with E-state index in [9.17, 15) is 13.2 Å². The summed E-state index contributed by atoms with van der Waals surface area (Å²) in [5.41, 5.74) is 0.288. The minimum absolute atomic E-state index is 0.0767. The summed E-state index contributed by atoms with van der Waals surface area (Å²) in [5.74, 6) is -2.48. The molecule has 1 heterocycles. The van der Waals surface area contributed by atoms with E-state index in [-0.39, 0.29) is 11.5 Å². The van der Waals surface area contributed by atoms with Crippen LogP contribution < -0.4 is 5.32 Å². The zero-order valence-electron chi connectivity index (χ0n) is 9.77. The summed E-state index contributed by atoms with van der Waals surface area (Å²) in [6.07, 6.45) is 1.89. The van der Waals surface area contributed by atoms with Crippen molar-refractivity contribution in [3.05, 3.63) is 35.1 Å². The van der Waals surface area contributed by atoms with E-state index >= 15 is 0 Å². The van der Waals surface area contributed by atoms with Crippen molar-refractivity contribution in [2.75, 3.05) is 13.1 Å². The molecule has 1 unspecified atom stereocenters. The molecular formula is C13H16F3N. The Hall–Kier alpha value is -1.03. The van der Waals surface area contributed by atoms with E-state index in [4.69, 9.17) is 0 Å². The third kappa shape index (κ3) is 2.63. The fourth-order valence-corrected chi connectivity index (χ4v) is 2.49. The molecule has 0 amide bonds. The lowest BCUT2D eigenvalue weighted by molar-refractivity contribution is 0.323. The maximum atomic E-state index is 13.6. The van der Waals surface area contributed by atoms with Gasteiger partial charge in [0.1, 0.15) is 5.82 Å². The minimum Gasteiger partial charge on any atom is -0.317 e. The average Bonchev–Trinajstić information content (AvgIpc) is 2.34. The number of rotatable bonds is 2. The second kappa shape index (κ2) is 5.08. The summed E-state index contributed by atoms with van der Waals surface area (Å²) in [4.78, 5) is 0. The smallest absolute Gasteiger partial charge is 0.161 e. The molecule has 17 heavy (non-hydrogen) atoms. The van der Waals surface area contributed by atoms with Gasteiger partial charge in [-0.2, -0.15) is 0 Å². The SMILES string of the molecule is CC(c1cc(F)c(F)cc1F)C1CCNCC1. The summed E-state index contributed by atoms with van der Waals surface area (Å²) in [7, 11) is 0. The van der Waals surface area contributed by atoms with Crippen LogP contribution in [0, 0.1) is 23.4 Å². The highest BCUT2D eigenvalue weighted by molar-refractivity contribution is 5.24. The van der Waals surface area contributed by atoms with Gasteiger partial charge in [-0.1, -0.05) is 6.92 Å². The van der Waals surface area contributed by atoms with Gasteiger partial charge in [0.25, 0.3) is 0 Å². The Morgan fingerprint density at radius 1 is 1.06 bits per heavy atom. The van der Waals surface area contributed by atoms with Gasteiger partial charge in [-0.25, -0.2) is 13.2 Å². The summed E-state index contributed by atoms with van der Waals surface area (Å²) in [5, 5.41) is 3.23. The van der Waals surface area contributed by atoms with Gasteiger partial charge in [0.15, 0.2) is 11.6 Å². The van der Waals surface area contributed by atoms with Crippen LogP contribution in [0.5, 0.6) is 0 Å². The highest BCUT2D eigenvalue weighted by Crippen LogP contribution is 2.32. The molecule has 0 saturated carbocycles. The molecular weight excluding hydrogens is 227 g/mol. The molecule has 1 atom stereocenters. The third-order valence-corrected chi connectivity index (χ3v) is 3.62. The first-order chi connectivity index (χ1) is 8.09. The van der Waals surface area contributed by atoms with Gasteiger partial charge in [0.05, 0.1) is 0 Å². The molecule has 1 fully saturated rings. The van der Waals surface area contributed by atoms with Crippen LogP contribution in [0.1, 0.15) is 31.2 Å². The van der Waals surface area contributed by atoms with Gasteiger partial charge >= 0.3 is 0 Å². The van der Waals surface area contributed by atoms with Gasteiger partial charge < -0.3 is 5.32 Å². The number of benzene rings is 1. The lowest BCUT2D eigenvalue weighted by Gasteiger charge is -2.28. The minimum atomic E-state index is -1.12. The van der Waals surface area contributed by atoms with Crippen LogP contribution in [0.15, 0.2) is 12.1 Å². The Labute approximate surface area is 99.0 Å². The maximum absolute atomic E-state index is 13.6. The molecule has 1 nitrogen and oxygen atoms in total. The second-order valence-corrected chi connectivity index (χ2v) is 4.66. The largest absolute Gasteiger partial charge is 0.317 e. The molecule has 94 valence electrons. The monoisotopic (exact) mass is 243 g/mol. The molecule has 0 radical (unpaired) electrons. The van der Waals surface area contributed by atoms with Gasteiger partial charge in [-0.15, -0.1) is 0 Å². The van der Waals surface area contributed by atoms with Crippen molar-refractivity contribution in [2.45, 2.75) is 25.7 Å². The van der Waals surface area contributed by atoms with E-state index in [1.54, 1.807) is 0 Å². The lowest BCUT2D eigenvalue weighted by Crippen LogP contribution is -2.30. The van der Waals surface area contributed by atoms with Crippen molar-refractivity contribution in [1.29, 1.82) is 0 Å². The third-order valence-electron chi connectivity index (χ3n) is 3.62. The van der Waals surface area contributed by atoms with Crippen molar-refractivity contribution in [2.24, 2.45) is 5.92 Å². The van der Waals surface area contributed by atoms with Gasteiger partial charge in [0, 0.05) is 6.07 Å². The number of hydrogen-bond acceptors (Lipinski definition) is 1. The Kier molecular flexibility index (Phi) is 3.72. The first kappa shape index (κ1) is 12.4. The molecule has 1 aromatic carbocycles. The first-order valence-corrected chi connectivity index (χ1v) is 5.94. The molecule has 4 heteroatoms. The molecule has 1 N–H and O–H groups in total. The van der Waals surface area contributed by atoms with E-state index in [1.807, 2.05) is 6.92 Å². The fourth-order valence-electron chi connectivity index (χ4n) is 2.49. The Bertz CT molecular complexity index is 400. The van der Waals surface area contributed by atoms with Crippen LogP contribution in [0.25, 0.3) is 0 Å². The average molecular weight is 243 g/mol. The molecule has 1 aromatic rings. The zero-order chi connectivity index (χ0) is 12.4. The van der Waals surface area contributed by atoms with Crippen LogP contribution in [-0.4, -0.2) is 13.1 Å². The van der Waals surface area contributed by atoms with E-state index < -0.39 is 17.5 Å². The summed E-state index contributed by atoms with van der Waals surface area (Å²) in [6, 6.07) is 1.64. The van der Waals surface area contributed by atoms with Crippen LogP contribution in [0.3, 0.4) is 0 Å². The van der Waals surface area contributed by atoms with E-state index in [1.165, 1.54) is 0 Å². The quantitative estimate of drug-likeness (QED) is 0.786. The van der Waals surface area contributed by atoms with Crippen molar-refractivity contribution in [1.82, 2.24) is 5.32 Å². The normalized spacial score (nSPS) is 19.3. The molecule has 1 saturated heterocycles. The van der Waals surface area contributed by atoms with Crippen LogP contribution in [0.4, 0.5) is 13.2 Å². The highest BCUT2D eigenvalue weighted by Gasteiger charge is 2.24. The molecule has 2 rings (SSSR count). The molecule has 0 spiro atoms. The predicted molar refractivity (Wildman–Crippen MR) is 60.3 cm³/mol. The number of nitrogens with one attached hydrogen (secondary N) is 1. The molecule has 1 aliphatic heterocycles. The van der Waals surface area contributed by atoms with E-state index in [0.29, 0.717) is 12.0 Å². The molecule has 0 bridgehead atoms. The predicted octanol–water partition coefficient (Wildman–Crippen LogP) is 3.21. The van der Waals surface area contributed by atoms with Gasteiger partial charge in [-0.3, -0.25) is 0 Å². The Balaban J connectivity index is 2.23. The Morgan fingerprint density at radius 2 is 1.65 bits per heavy atom. The number of piperidine rings is 1. The maximum Gasteiger partial charge on any atom is 0.161 e. The Morgan fingerprint density at radius 3 is 2.29 bits per heavy atom. The summed E-state index contributed by atoms with van der Waals surface area (Å²) >= 11 is 0. The zero-order valence-corrected chi connectivity index (χ0v) is 9.77.